The zero-order valence-electron chi connectivity index (χ0n) is 18.7. The number of hydrogen-bond donors (Lipinski definition) is 2. The lowest BCUT2D eigenvalue weighted by atomic mass is 10.1. The first-order valence-electron chi connectivity index (χ1n) is 10.3. The molecular formula is C26H25N3O3S. The van der Waals surface area contributed by atoms with Crippen molar-refractivity contribution in [2.45, 2.75) is 31.2 Å². The highest BCUT2D eigenvalue weighted by Gasteiger charge is 2.24. The van der Waals surface area contributed by atoms with Gasteiger partial charge in [-0.25, -0.2) is 13.1 Å². The quantitative estimate of drug-likeness (QED) is 0.509. The van der Waals surface area contributed by atoms with Crippen LogP contribution in [0.1, 0.15) is 31.9 Å². The van der Waals surface area contributed by atoms with E-state index in [1.807, 2.05) is 0 Å². The summed E-state index contributed by atoms with van der Waals surface area (Å²) >= 11 is 0. The largest absolute Gasteiger partial charge is 0.323 e. The van der Waals surface area contributed by atoms with Crippen LogP contribution in [0.4, 0.5) is 5.69 Å². The molecule has 0 heterocycles. The Hall–Kier alpha value is -3.73. The maximum Gasteiger partial charge on any atom is 0.248 e. The molecule has 0 spiro atoms. The molecule has 0 saturated carbocycles. The van der Waals surface area contributed by atoms with Crippen LogP contribution in [0.15, 0.2) is 83.8 Å². The van der Waals surface area contributed by atoms with E-state index in [9.17, 15) is 13.2 Å². The summed E-state index contributed by atoms with van der Waals surface area (Å²) in [6.45, 7) is 5.37. The van der Waals surface area contributed by atoms with Crippen molar-refractivity contribution in [2.75, 3.05) is 5.32 Å². The average molecular weight is 460 g/mol. The van der Waals surface area contributed by atoms with E-state index in [1.54, 1.807) is 99.6 Å². The number of nitrogens with zero attached hydrogens (tertiary/aromatic N) is 1. The fourth-order valence-corrected chi connectivity index (χ4v) is 4.85. The predicted octanol–water partition coefficient (Wildman–Crippen LogP) is 4.95. The molecule has 0 saturated heterocycles. The fourth-order valence-electron chi connectivity index (χ4n) is 3.20. The monoisotopic (exact) mass is 459 g/mol. The number of amides is 1. The van der Waals surface area contributed by atoms with Gasteiger partial charge in [-0.05, 0) is 68.3 Å². The van der Waals surface area contributed by atoms with Crippen LogP contribution in [0.2, 0.25) is 0 Å². The second-order valence-electron chi connectivity index (χ2n) is 8.49. The molecule has 3 aromatic rings. The number of anilines is 1. The van der Waals surface area contributed by atoms with Crippen molar-refractivity contribution in [1.29, 1.82) is 5.26 Å². The number of sulfonamides is 1. The molecule has 0 bridgehead atoms. The summed E-state index contributed by atoms with van der Waals surface area (Å²) in [4.78, 5) is 12.5. The van der Waals surface area contributed by atoms with Crippen molar-refractivity contribution in [2.24, 2.45) is 0 Å². The van der Waals surface area contributed by atoms with Gasteiger partial charge in [0.2, 0.25) is 15.9 Å². The van der Waals surface area contributed by atoms with E-state index in [2.05, 4.69) is 16.1 Å². The molecule has 7 heteroatoms. The van der Waals surface area contributed by atoms with Gasteiger partial charge in [0, 0.05) is 22.9 Å². The van der Waals surface area contributed by atoms with Crippen molar-refractivity contribution in [3.63, 3.8) is 0 Å². The van der Waals surface area contributed by atoms with Gasteiger partial charge in [0.15, 0.2) is 0 Å². The second kappa shape index (κ2) is 9.82. The third-order valence-corrected chi connectivity index (χ3v) is 6.34. The van der Waals surface area contributed by atoms with Gasteiger partial charge in [0.05, 0.1) is 16.5 Å². The molecule has 0 aliphatic heterocycles. The van der Waals surface area contributed by atoms with Crippen LogP contribution in [0.5, 0.6) is 0 Å². The Kier molecular flexibility index (Phi) is 7.12. The topological polar surface area (TPSA) is 99.1 Å². The van der Waals surface area contributed by atoms with Crippen LogP contribution in [0, 0.1) is 11.3 Å². The summed E-state index contributed by atoms with van der Waals surface area (Å²) < 4.78 is 28.5. The normalized spacial score (nSPS) is 11.8. The molecule has 0 aromatic heterocycles. The van der Waals surface area contributed by atoms with E-state index < -0.39 is 15.6 Å². The number of benzene rings is 3. The standard InChI is InChI=1S/C26H25N3O3S/c1-26(2,3)29-33(31,32)24-10-5-4-9-23(24)21-12-14-22(15-13-21)28-25(30)16-11-19-7-6-8-20(17-19)18-27/h4-17,29H,1-3H3,(H,28,30)/b16-11-. The molecule has 0 radical (unpaired) electrons. The van der Waals surface area contributed by atoms with Gasteiger partial charge < -0.3 is 5.32 Å². The number of rotatable bonds is 6. The highest BCUT2D eigenvalue weighted by atomic mass is 32.2. The van der Waals surface area contributed by atoms with Crippen molar-refractivity contribution in [1.82, 2.24) is 4.72 Å². The number of nitrogens with one attached hydrogen (secondary N) is 2. The minimum Gasteiger partial charge on any atom is -0.323 e. The molecule has 0 atom stereocenters. The van der Waals surface area contributed by atoms with E-state index in [1.165, 1.54) is 6.08 Å². The Morgan fingerprint density at radius 1 is 0.970 bits per heavy atom. The van der Waals surface area contributed by atoms with Crippen LogP contribution in [0.25, 0.3) is 17.2 Å². The summed E-state index contributed by atoms with van der Waals surface area (Å²) in [5.41, 5.74) is 2.53. The van der Waals surface area contributed by atoms with Crippen LogP contribution in [0.3, 0.4) is 0 Å². The molecule has 33 heavy (non-hydrogen) atoms. The number of nitriles is 1. The molecular weight excluding hydrogens is 434 g/mol. The average Bonchev–Trinajstić information content (AvgIpc) is 2.77. The zero-order chi connectivity index (χ0) is 24.1. The van der Waals surface area contributed by atoms with E-state index in [-0.39, 0.29) is 10.8 Å². The van der Waals surface area contributed by atoms with Gasteiger partial charge in [0.1, 0.15) is 0 Å². The molecule has 6 nitrogen and oxygen atoms in total. The first kappa shape index (κ1) is 23.9. The van der Waals surface area contributed by atoms with Crippen LogP contribution in [-0.4, -0.2) is 19.9 Å². The summed E-state index contributed by atoms with van der Waals surface area (Å²) in [6.07, 6.45) is 3.03. The van der Waals surface area contributed by atoms with Gasteiger partial charge >= 0.3 is 0 Å². The van der Waals surface area contributed by atoms with E-state index in [0.29, 0.717) is 22.4 Å². The molecule has 0 aliphatic rings. The molecule has 0 unspecified atom stereocenters. The van der Waals surface area contributed by atoms with Crippen LogP contribution < -0.4 is 10.0 Å². The third-order valence-electron chi connectivity index (χ3n) is 4.52. The van der Waals surface area contributed by atoms with Crippen LogP contribution >= 0.6 is 0 Å². The third kappa shape index (κ3) is 6.62. The Morgan fingerprint density at radius 2 is 1.67 bits per heavy atom. The predicted molar refractivity (Wildman–Crippen MR) is 131 cm³/mol. The maximum absolute atomic E-state index is 12.9. The lowest BCUT2D eigenvalue weighted by Crippen LogP contribution is -2.40. The highest BCUT2D eigenvalue weighted by Crippen LogP contribution is 2.29. The molecule has 0 fully saturated rings. The number of carbonyl (C=O) groups is 1. The van der Waals surface area contributed by atoms with Crippen molar-refractivity contribution < 1.29 is 13.2 Å². The highest BCUT2D eigenvalue weighted by molar-refractivity contribution is 7.89. The molecule has 3 aromatic carbocycles. The molecule has 168 valence electrons. The second-order valence-corrected chi connectivity index (χ2v) is 10.1. The van der Waals surface area contributed by atoms with Gasteiger partial charge in [-0.2, -0.15) is 5.26 Å². The fraction of sp³-hybridized carbons (Fsp3) is 0.154. The number of hydrogen-bond acceptors (Lipinski definition) is 4. The van der Waals surface area contributed by atoms with Gasteiger partial charge in [-0.1, -0.05) is 42.5 Å². The number of carbonyl (C=O) groups excluding carboxylic acids is 1. The van der Waals surface area contributed by atoms with E-state index in [4.69, 9.17) is 5.26 Å². The SMILES string of the molecule is CC(C)(C)NS(=O)(=O)c1ccccc1-c1ccc(NC(=O)/C=C\c2cccc(C#N)c2)cc1. The summed E-state index contributed by atoms with van der Waals surface area (Å²) in [7, 11) is -3.71. The van der Waals surface area contributed by atoms with Crippen molar-refractivity contribution in [3.05, 3.63) is 90.0 Å². The van der Waals surface area contributed by atoms with Gasteiger partial charge in [0.25, 0.3) is 0 Å². The van der Waals surface area contributed by atoms with E-state index in [0.717, 1.165) is 5.56 Å². The minimum absolute atomic E-state index is 0.194. The molecule has 0 aliphatic carbocycles. The smallest absolute Gasteiger partial charge is 0.248 e. The minimum atomic E-state index is -3.71. The Bertz CT molecular complexity index is 1330. The molecule has 3 rings (SSSR count). The van der Waals surface area contributed by atoms with Crippen molar-refractivity contribution in [3.8, 4) is 17.2 Å². The molecule has 1 amide bonds. The van der Waals surface area contributed by atoms with Gasteiger partial charge in [-0.15, -0.1) is 0 Å². The maximum atomic E-state index is 12.9. The Balaban J connectivity index is 1.77. The van der Waals surface area contributed by atoms with Gasteiger partial charge in [-0.3, -0.25) is 4.79 Å². The van der Waals surface area contributed by atoms with Crippen LogP contribution in [-0.2, 0) is 14.8 Å². The zero-order valence-corrected chi connectivity index (χ0v) is 19.5. The Morgan fingerprint density at radius 3 is 2.33 bits per heavy atom. The molecule has 2 N–H and O–H groups in total. The van der Waals surface area contributed by atoms with E-state index >= 15 is 0 Å². The lowest BCUT2D eigenvalue weighted by Gasteiger charge is -2.21. The Labute approximate surface area is 194 Å². The van der Waals surface area contributed by atoms with Crippen molar-refractivity contribution >= 4 is 27.7 Å². The first-order chi connectivity index (χ1) is 15.6. The first-order valence-corrected chi connectivity index (χ1v) is 11.8. The summed E-state index contributed by atoms with van der Waals surface area (Å²) in [6, 6.07) is 22.8. The summed E-state index contributed by atoms with van der Waals surface area (Å²) in [5.74, 6) is -0.317. The lowest BCUT2D eigenvalue weighted by molar-refractivity contribution is -0.111. The summed E-state index contributed by atoms with van der Waals surface area (Å²) in [5, 5.41) is 11.7.